The van der Waals surface area contributed by atoms with E-state index in [0.29, 0.717) is 23.4 Å². The molecule has 2 aliphatic heterocycles. The summed E-state index contributed by atoms with van der Waals surface area (Å²) in [6, 6.07) is 18.9. The Labute approximate surface area is 221 Å². The Morgan fingerprint density at radius 3 is 1.47 bits per heavy atom. The number of amides is 2. The van der Waals surface area contributed by atoms with E-state index in [-0.39, 0.29) is 34.2 Å². The van der Waals surface area contributed by atoms with E-state index in [2.05, 4.69) is 0 Å². The number of carbonyl (C=O) groups excluding carboxylic acids is 2. The number of aromatic hydroxyl groups is 2. The molecule has 0 saturated carbocycles. The lowest BCUT2D eigenvalue weighted by Gasteiger charge is -2.27. The van der Waals surface area contributed by atoms with Crippen LogP contribution in [0.5, 0.6) is 11.5 Å². The number of thioether (sulfide) groups is 2. The quantitative estimate of drug-likeness (QED) is 0.206. The molecule has 1 saturated heterocycles. The van der Waals surface area contributed by atoms with Crippen LogP contribution < -0.4 is 4.06 Å². The highest BCUT2D eigenvalue weighted by Gasteiger charge is 2.45. The first-order chi connectivity index (χ1) is 17.4. The van der Waals surface area contributed by atoms with E-state index in [4.69, 9.17) is 0 Å². The number of hydrogen-bond acceptors (Lipinski definition) is 9. The van der Waals surface area contributed by atoms with Crippen molar-refractivity contribution < 1.29 is 19.8 Å². The number of phenolic OH excluding ortho intramolecular Hbond substituents is 2. The number of hydrogen-bond donors (Lipinski definition) is 2. The minimum Gasteiger partial charge on any atom is -0.505 e. The molecule has 6 rings (SSSR count). The second-order valence-electron chi connectivity index (χ2n) is 8.03. The van der Waals surface area contributed by atoms with E-state index in [1.54, 1.807) is 0 Å². The van der Waals surface area contributed by atoms with Crippen molar-refractivity contribution in [3.63, 3.8) is 0 Å². The molecule has 0 bridgehead atoms. The molecule has 2 amide bonds. The lowest BCUT2D eigenvalue weighted by atomic mass is 10.2. The number of fused-ring (bicyclic) bond motifs is 2. The number of hydrazine groups is 1. The van der Waals surface area contributed by atoms with E-state index < -0.39 is 11.8 Å². The summed E-state index contributed by atoms with van der Waals surface area (Å²) in [6.45, 7) is 0.439. The first kappa shape index (κ1) is 23.2. The van der Waals surface area contributed by atoms with E-state index >= 15 is 0 Å². The van der Waals surface area contributed by atoms with Gasteiger partial charge in [0.05, 0.1) is 36.5 Å². The lowest BCUT2D eigenvalue weighted by molar-refractivity contribution is -0.149. The predicted molar refractivity (Wildman–Crippen MR) is 142 cm³/mol. The van der Waals surface area contributed by atoms with Crippen molar-refractivity contribution in [1.29, 1.82) is 0 Å². The van der Waals surface area contributed by atoms with Gasteiger partial charge in [-0.1, -0.05) is 107 Å². The lowest BCUT2D eigenvalue weighted by Crippen LogP contribution is -2.39. The van der Waals surface area contributed by atoms with Gasteiger partial charge in [0.2, 0.25) is 0 Å². The van der Waals surface area contributed by atoms with E-state index in [1.165, 1.54) is 10.0 Å². The maximum atomic E-state index is 13.7. The third-order valence-corrected chi connectivity index (χ3v) is 10.6. The van der Waals surface area contributed by atoms with Gasteiger partial charge in [0, 0.05) is 0 Å². The van der Waals surface area contributed by atoms with Crippen molar-refractivity contribution in [3.8, 4) is 11.5 Å². The van der Waals surface area contributed by atoms with Gasteiger partial charge in [-0.05, 0) is 11.1 Å². The van der Waals surface area contributed by atoms with Crippen LogP contribution in [-0.4, -0.2) is 32.0 Å². The van der Waals surface area contributed by atoms with Gasteiger partial charge in [0.25, 0.3) is 15.9 Å². The van der Waals surface area contributed by atoms with E-state index in [1.807, 2.05) is 60.7 Å². The van der Waals surface area contributed by atoms with E-state index in [9.17, 15) is 24.6 Å². The number of rotatable bonds is 4. The van der Waals surface area contributed by atoms with Crippen LogP contribution >= 0.6 is 46.2 Å². The Kier molecular flexibility index (Phi) is 5.79. The molecule has 1 fully saturated rings. The normalized spacial score (nSPS) is 15.4. The topological polar surface area (TPSA) is 98.1 Å². The van der Waals surface area contributed by atoms with Crippen molar-refractivity contribution in [3.05, 3.63) is 90.5 Å². The van der Waals surface area contributed by atoms with Crippen LogP contribution in [0.25, 0.3) is 9.40 Å². The number of carbonyl (C=O) groups is 2. The Balaban J connectivity index is 1.42. The number of phenols is 2. The molecule has 0 aliphatic carbocycles. The highest BCUT2D eigenvalue weighted by molar-refractivity contribution is 8.25. The Morgan fingerprint density at radius 2 is 1.06 bits per heavy atom. The fourth-order valence-corrected chi connectivity index (χ4v) is 8.85. The number of benzene rings is 3. The maximum absolute atomic E-state index is 13.7. The molecule has 3 aromatic carbocycles. The minimum atomic E-state index is -0.437. The second kappa shape index (κ2) is 9.00. The summed E-state index contributed by atoms with van der Waals surface area (Å²) >= 11 is 3.86. The molecule has 36 heavy (non-hydrogen) atoms. The predicted octanol–water partition coefficient (Wildman–Crippen LogP) is 5.13. The smallest absolute Gasteiger partial charge is 0.288 e. The SMILES string of the molecule is O=C1C(=C2Sc3c(c(O)c4sc(=O)sc4c3O)S2)C(=O)N(Cc2ccccc2)N1Cc1ccccc1. The average molecular weight is 553 g/mol. The summed E-state index contributed by atoms with van der Waals surface area (Å²) in [5.74, 6) is -1.11. The summed E-state index contributed by atoms with van der Waals surface area (Å²) in [6.07, 6.45) is 0. The molecule has 3 heterocycles. The molecule has 0 atom stereocenters. The standard InChI is InChI=1S/C25H16N2O5S4/c28-16-18-19(17(29)21-20(16)35-25(32)36-21)34-24(33-18)15-22(30)26(11-13-7-3-1-4-8-13)27(23(15)31)12-14-9-5-2-6-10-14/h1-10,28-29H,11-12H2. The first-order valence-electron chi connectivity index (χ1n) is 10.8. The third kappa shape index (κ3) is 3.79. The largest absolute Gasteiger partial charge is 0.505 e. The maximum Gasteiger partial charge on any atom is 0.288 e. The molecule has 7 nitrogen and oxygen atoms in total. The molecule has 0 radical (unpaired) electrons. The zero-order chi connectivity index (χ0) is 25.0. The Hall–Kier alpha value is -3.25. The summed E-state index contributed by atoms with van der Waals surface area (Å²) in [7, 11) is 0. The summed E-state index contributed by atoms with van der Waals surface area (Å²) in [5.41, 5.74) is 1.76. The Morgan fingerprint density at radius 1 is 0.639 bits per heavy atom. The van der Waals surface area contributed by atoms with E-state index in [0.717, 1.165) is 57.3 Å². The molecular weight excluding hydrogens is 537 g/mol. The van der Waals surface area contributed by atoms with Crippen LogP contribution in [0.4, 0.5) is 0 Å². The summed E-state index contributed by atoms with van der Waals surface area (Å²) < 4.78 is 0.772. The highest BCUT2D eigenvalue weighted by atomic mass is 32.2. The molecule has 1 aromatic heterocycles. The van der Waals surface area contributed by atoms with Gasteiger partial charge in [0.1, 0.15) is 17.1 Å². The zero-order valence-electron chi connectivity index (χ0n) is 18.3. The van der Waals surface area contributed by atoms with Gasteiger partial charge in [0.15, 0.2) is 0 Å². The van der Waals surface area contributed by atoms with Crippen LogP contribution in [0, 0.1) is 0 Å². The Bertz CT molecular complexity index is 1510. The van der Waals surface area contributed by atoms with Gasteiger partial charge >= 0.3 is 0 Å². The number of nitrogens with zero attached hydrogens (tertiary/aromatic N) is 2. The van der Waals surface area contributed by atoms with Gasteiger partial charge in [-0.2, -0.15) is 0 Å². The molecule has 0 unspecified atom stereocenters. The molecule has 4 aromatic rings. The highest BCUT2D eigenvalue weighted by Crippen LogP contribution is 2.62. The molecule has 11 heteroatoms. The van der Waals surface area contributed by atoms with Crippen molar-refractivity contribution in [1.82, 2.24) is 10.0 Å². The van der Waals surface area contributed by atoms with Gasteiger partial charge in [-0.15, -0.1) is 0 Å². The van der Waals surface area contributed by atoms with Crippen LogP contribution in [0.3, 0.4) is 0 Å². The van der Waals surface area contributed by atoms with Crippen LogP contribution in [-0.2, 0) is 22.7 Å². The van der Waals surface area contributed by atoms with Crippen molar-refractivity contribution >= 4 is 67.4 Å². The van der Waals surface area contributed by atoms with Crippen molar-refractivity contribution in [2.75, 3.05) is 0 Å². The summed E-state index contributed by atoms with van der Waals surface area (Å²) in [4.78, 5) is 39.9. The monoisotopic (exact) mass is 552 g/mol. The van der Waals surface area contributed by atoms with Gasteiger partial charge < -0.3 is 10.2 Å². The second-order valence-corrected chi connectivity index (χ2v) is 12.6. The zero-order valence-corrected chi connectivity index (χ0v) is 21.6. The minimum absolute atomic E-state index is 0.00315. The molecule has 180 valence electrons. The molecule has 2 N–H and O–H groups in total. The first-order valence-corrected chi connectivity index (χ1v) is 14.0. The molecule has 2 aliphatic rings. The summed E-state index contributed by atoms with van der Waals surface area (Å²) in [5, 5.41) is 24.5. The molecule has 0 spiro atoms. The van der Waals surface area contributed by atoms with Crippen molar-refractivity contribution in [2.45, 2.75) is 22.9 Å². The fourth-order valence-electron chi connectivity index (χ4n) is 4.08. The van der Waals surface area contributed by atoms with Crippen LogP contribution in [0.15, 0.2) is 85.1 Å². The van der Waals surface area contributed by atoms with Crippen LogP contribution in [0.1, 0.15) is 11.1 Å². The average Bonchev–Trinajstić information content (AvgIpc) is 3.55. The van der Waals surface area contributed by atoms with Gasteiger partial charge in [-0.25, -0.2) is 10.0 Å². The molecular formula is C25H16N2O5S4. The third-order valence-electron chi connectivity index (χ3n) is 5.78. The van der Waals surface area contributed by atoms with Crippen LogP contribution in [0.2, 0.25) is 0 Å². The fraction of sp³-hybridized carbons (Fsp3) is 0.0800. The van der Waals surface area contributed by atoms with Crippen molar-refractivity contribution in [2.24, 2.45) is 0 Å². The van der Waals surface area contributed by atoms with Gasteiger partial charge in [-0.3, -0.25) is 14.4 Å².